The molecule has 0 bridgehead atoms. The number of likely N-dealkylation sites (tertiary alicyclic amines) is 1. The molecule has 5 nitrogen and oxygen atoms in total. The number of pyridine rings is 1. The standard InChI is InChI=1S/C19H20BrClN2O3/c1-13(25-15-4-2-14(20)3-5-15)19(24)23-10-8-16(9-11-23)26-17-6-7-18(21)22-12-17/h2-7,12-13,16H,8-11H2,1H3/t13-/m0/s1. The fourth-order valence-corrected chi connectivity index (χ4v) is 3.22. The average Bonchev–Trinajstić information content (AvgIpc) is 2.65. The summed E-state index contributed by atoms with van der Waals surface area (Å²) in [6.07, 6.45) is 2.73. The summed E-state index contributed by atoms with van der Waals surface area (Å²) < 4.78 is 12.6. The molecule has 1 aromatic carbocycles. The highest BCUT2D eigenvalue weighted by atomic mass is 79.9. The van der Waals surface area contributed by atoms with Crippen LogP contribution in [0, 0.1) is 0 Å². The van der Waals surface area contributed by atoms with Crippen molar-refractivity contribution in [3.63, 3.8) is 0 Å². The van der Waals surface area contributed by atoms with Gasteiger partial charge < -0.3 is 14.4 Å². The molecule has 2 aromatic rings. The Morgan fingerprint density at radius 2 is 1.85 bits per heavy atom. The lowest BCUT2D eigenvalue weighted by atomic mass is 10.1. The van der Waals surface area contributed by atoms with Crippen molar-refractivity contribution in [2.45, 2.75) is 32.0 Å². The van der Waals surface area contributed by atoms with Crippen LogP contribution in [0.4, 0.5) is 0 Å². The van der Waals surface area contributed by atoms with Crippen LogP contribution >= 0.6 is 27.5 Å². The van der Waals surface area contributed by atoms with Crippen LogP contribution in [-0.2, 0) is 4.79 Å². The first-order valence-electron chi connectivity index (χ1n) is 8.50. The monoisotopic (exact) mass is 438 g/mol. The molecule has 138 valence electrons. The zero-order valence-corrected chi connectivity index (χ0v) is 16.7. The van der Waals surface area contributed by atoms with E-state index in [2.05, 4.69) is 20.9 Å². The number of carbonyl (C=O) groups excluding carboxylic acids is 1. The van der Waals surface area contributed by atoms with Gasteiger partial charge in [-0.1, -0.05) is 27.5 Å². The minimum absolute atomic E-state index is 0.000437. The molecule has 1 saturated heterocycles. The third kappa shape index (κ3) is 5.11. The smallest absolute Gasteiger partial charge is 0.263 e. The normalized spacial score (nSPS) is 16.2. The summed E-state index contributed by atoms with van der Waals surface area (Å²) in [7, 11) is 0. The highest BCUT2D eigenvalue weighted by molar-refractivity contribution is 9.10. The van der Waals surface area contributed by atoms with Crippen molar-refractivity contribution in [2.24, 2.45) is 0 Å². The fraction of sp³-hybridized carbons (Fsp3) is 0.368. The van der Waals surface area contributed by atoms with E-state index < -0.39 is 6.10 Å². The van der Waals surface area contributed by atoms with Crippen molar-refractivity contribution in [1.29, 1.82) is 0 Å². The van der Waals surface area contributed by atoms with Crippen LogP contribution in [0.15, 0.2) is 47.1 Å². The van der Waals surface area contributed by atoms with Crippen LogP contribution in [0.25, 0.3) is 0 Å². The fourth-order valence-electron chi connectivity index (χ4n) is 2.84. The number of benzene rings is 1. The molecular formula is C19H20BrClN2O3. The number of ether oxygens (including phenoxy) is 2. The quantitative estimate of drug-likeness (QED) is 0.651. The summed E-state index contributed by atoms with van der Waals surface area (Å²) >= 11 is 9.16. The van der Waals surface area contributed by atoms with Crippen LogP contribution in [0.5, 0.6) is 11.5 Å². The molecule has 7 heteroatoms. The van der Waals surface area contributed by atoms with Crippen LogP contribution < -0.4 is 9.47 Å². The molecule has 1 aliphatic rings. The van der Waals surface area contributed by atoms with Crippen molar-refractivity contribution in [3.8, 4) is 11.5 Å². The second-order valence-corrected chi connectivity index (χ2v) is 7.48. The Hall–Kier alpha value is -1.79. The Labute approximate surface area is 166 Å². The number of hydrogen-bond acceptors (Lipinski definition) is 4. The maximum atomic E-state index is 12.6. The van der Waals surface area contributed by atoms with Gasteiger partial charge in [0.2, 0.25) is 0 Å². The Bertz CT molecular complexity index is 731. The zero-order chi connectivity index (χ0) is 18.5. The van der Waals surface area contributed by atoms with Gasteiger partial charge in [0.25, 0.3) is 5.91 Å². The van der Waals surface area contributed by atoms with E-state index in [1.165, 1.54) is 0 Å². The summed E-state index contributed by atoms with van der Waals surface area (Å²) in [6.45, 7) is 3.09. The van der Waals surface area contributed by atoms with Gasteiger partial charge in [-0.3, -0.25) is 4.79 Å². The van der Waals surface area contributed by atoms with Gasteiger partial charge in [-0.05, 0) is 43.3 Å². The van der Waals surface area contributed by atoms with Gasteiger partial charge in [-0.2, -0.15) is 0 Å². The second-order valence-electron chi connectivity index (χ2n) is 6.17. The number of halogens is 2. The van der Waals surface area contributed by atoms with Crippen molar-refractivity contribution in [2.75, 3.05) is 13.1 Å². The topological polar surface area (TPSA) is 51.7 Å². The maximum Gasteiger partial charge on any atom is 0.263 e. The number of carbonyl (C=O) groups is 1. The van der Waals surface area contributed by atoms with Crippen molar-refractivity contribution in [3.05, 3.63) is 52.2 Å². The second kappa shape index (κ2) is 8.73. The molecule has 2 heterocycles. The summed E-state index contributed by atoms with van der Waals surface area (Å²) in [5.74, 6) is 1.38. The number of aromatic nitrogens is 1. The minimum Gasteiger partial charge on any atom is -0.489 e. The first-order valence-corrected chi connectivity index (χ1v) is 9.67. The van der Waals surface area contributed by atoms with E-state index >= 15 is 0 Å². The van der Waals surface area contributed by atoms with Crippen molar-refractivity contribution < 1.29 is 14.3 Å². The Kier molecular flexibility index (Phi) is 6.38. The summed E-state index contributed by atoms with van der Waals surface area (Å²) in [5.41, 5.74) is 0. The molecule has 1 atom stereocenters. The van der Waals surface area contributed by atoms with E-state index in [4.69, 9.17) is 21.1 Å². The molecule has 1 fully saturated rings. The summed E-state index contributed by atoms with van der Waals surface area (Å²) in [5, 5.41) is 0.442. The Balaban J connectivity index is 1.48. The van der Waals surface area contributed by atoms with Crippen LogP contribution in [0.3, 0.4) is 0 Å². The molecule has 1 amide bonds. The molecule has 0 radical (unpaired) electrons. The molecule has 0 unspecified atom stereocenters. The number of amides is 1. The highest BCUT2D eigenvalue weighted by Gasteiger charge is 2.27. The molecule has 0 saturated carbocycles. The predicted molar refractivity (Wildman–Crippen MR) is 104 cm³/mol. The summed E-state index contributed by atoms with van der Waals surface area (Å²) in [4.78, 5) is 18.4. The third-order valence-electron chi connectivity index (χ3n) is 4.23. The Morgan fingerprint density at radius 1 is 1.19 bits per heavy atom. The molecular weight excluding hydrogens is 420 g/mol. The molecule has 3 rings (SSSR count). The predicted octanol–water partition coefficient (Wildman–Crippen LogP) is 4.33. The van der Waals surface area contributed by atoms with Gasteiger partial charge in [0.15, 0.2) is 6.10 Å². The first kappa shape index (κ1) is 19.0. The van der Waals surface area contributed by atoms with E-state index in [1.807, 2.05) is 29.2 Å². The summed E-state index contributed by atoms with van der Waals surface area (Å²) in [6, 6.07) is 11.0. The first-order chi connectivity index (χ1) is 12.5. The van der Waals surface area contributed by atoms with Gasteiger partial charge in [-0.15, -0.1) is 0 Å². The number of hydrogen-bond donors (Lipinski definition) is 0. The lowest BCUT2D eigenvalue weighted by molar-refractivity contribution is -0.139. The van der Waals surface area contributed by atoms with E-state index in [1.54, 1.807) is 25.3 Å². The van der Waals surface area contributed by atoms with Gasteiger partial charge in [0.05, 0.1) is 6.20 Å². The van der Waals surface area contributed by atoms with Gasteiger partial charge >= 0.3 is 0 Å². The minimum atomic E-state index is -0.519. The lowest BCUT2D eigenvalue weighted by Crippen LogP contribution is -2.46. The molecule has 0 N–H and O–H groups in total. The zero-order valence-electron chi connectivity index (χ0n) is 14.4. The SMILES string of the molecule is C[C@H](Oc1ccc(Br)cc1)C(=O)N1CCC(Oc2ccc(Cl)nc2)CC1. The van der Waals surface area contributed by atoms with E-state index in [-0.39, 0.29) is 12.0 Å². The maximum absolute atomic E-state index is 12.6. The molecule has 1 aromatic heterocycles. The average molecular weight is 440 g/mol. The lowest BCUT2D eigenvalue weighted by Gasteiger charge is -2.33. The largest absolute Gasteiger partial charge is 0.489 e. The Morgan fingerprint density at radius 3 is 2.46 bits per heavy atom. The third-order valence-corrected chi connectivity index (χ3v) is 4.98. The number of nitrogens with zero attached hydrogens (tertiary/aromatic N) is 2. The molecule has 0 aliphatic carbocycles. The van der Waals surface area contributed by atoms with Crippen LogP contribution in [0.2, 0.25) is 5.15 Å². The van der Waals surface area contributed by atoms with E-state index in [9.17, 15) is 4.79 Å². The highest BCUT2D eigenvalue weighted by Crippen LogP contribution is 2.21. The van der Waals surface area contributed by atoms with E-state index in [0.717, 1.165) is 17.3 Å². The van der Waals surface area contributed by atoms with Crippen molar-refractivity contribution in [1.82, 2.24) is 9.88 Å². The van der Waals surface area contributed by atoms with Gasteiger partial charge in [-0.25, -0.2) is 4.98 Å². The van der Waals surface area contributed by atoms with Crippen molar-refractivity contribution >= 4 is 33.4 Å². The van der Waals surface area contributed by atoms with Crippen LogP contribution in [0.1, 0.15) is 19.8 Å². The van der Waals surface area contributed by atoms with Gasteiger partial charge in [0.1, 0.15) is 22.8 Å². The van der Waals surface area contributed by atoms with Gasteiger partial charge in [0, 0.05) is 30.4 Å². The molecule has 26 heavy (non-hydrogen) atoms. The molecule has 1 aliphatic heterocycles. The van der Waals surface area contributed by atoms with Crippen LogP contribution in [-0.4, -0.2) is 41.1 Å². The van der Waals surface area contributed by atoms with E-state index in [0.29, 0.717) is 29.7 Å². The number of rotatable bonds is 5. The molecule has 0 spiro atoms. The number of piperidine rings is 1.